The van der Waals surface area contributed by atoms with Gasteiger partial charge < -0.3 is 9.88 Å². The number of rotatable bonds is 8. The average molecular weight is 312 g/mol. The highest BCUT2D eigenvalue weighted by atomic mass is 32.2. The van der Waals surface area contributed by atoms with Crippen molar-refractivity contribution in [2.45, 2.75) is 24.9 Å². The van der Waals surface area contributed by atoms with E-state index in [9.17, 15) is 8.42 Å². The maximum atomic E-state index is 12.2. The summed E-state index contributed by atoms with van der Waals surface area (Å²) in [5.41, 5.74) is 0. The van der Waals surface area contributed by atoms with Gasteiger partial charge in [-0.05, 0) is 6.54 Å². The minimum Gasteiger partial charge on any atom is -0.337 e. The molecular weight excluding hydrogens is 292 g/mol. The van der Waals surface area contributed by atoms with Crippen LogP contribution in [-0.4, -0.2) is 40.8 Å². The summed E-state index contributed by atoms with van der Waals surface area (Å²) in [7, 11) is -1.76. The highest BCUT2D eigenvalue weighted by Crippen LogP contribution is 2.07. The van der Waals surface area contributed by atoms with Gasteiger partial charge in [-0.2, -0.15) is 5.10 Å². The SMILES string of the molecule is CCNCCn1cc(S(=O)(=O)NCc2nccn2C)cn1. The Hall–Kier alpha value is -1.71. The number of aryl methyl sites for hydroxylation is 1. The lowest BCUT2D eigenvalue weighted by Gasteiger charge is -2.05. The van der Waals surface area contributed by atoms with Gasteiger partial charge in [-0.25, -0.2) is 18.1 Å². The van der Waals surface area contributed by atoms with Crippen LogP contribution < -0.4 is 10.0 Å². The van der Waals surface area contributed by atoms with E-state index in [4.69, 9.17) is 0 Å². The molecular formula is C12H20N6O2S. The molecule has 0 spiro atoms. The van der Waals surface area contributed by atoms with Crippen LogP contribution in [0.5, 0.6) is 0 Å². The third-order valence-corrected chi connectivity index (χ3v) is 4.38. The molecule has 21 heavy (non-hydrogen) atoms. The van der Waals surface area contributed by atoms with Gasteiger partial charge in [-0.1, -0.05) is 6.92 Å². The van der Waals surface area contributed by atoms with Crippen molar-refractivity contribution in [2.24, 2.45) is 7.05 Å². The van der Waals surface area contributed by atoms with Crippen LogP contribution in [0.2, 0.25) is 0 Å². The minimum atomic E-state index is -3.57. The van der Waals surface area contributed by atoms with Gasteiger partial charge in [-0.15, -0.1) is 0 Å². The molecule has 8 nitrogen and oxygen atoms in total. The fraction of sp³-hybridized carbons (Fsp3) is 0.500. The lowest BCUT2D eigenvalue weighted by Crippen LogP contribution is -2.24. The first-order valence-electron chi connectivity index (χ1n) is 6.72. The number of likely N-dealkylation sites (N-methyl/N-ethyl adjacent to an activating group) is 1. The third-order valence-electron chi connectivity index (χ3n) is 3.03. The normalized spacial score (nSPS) is 11.9. The van der Waals surface area contributed by atoms with Crippen molar-refractivity contribution in [3.8, 4) is 0 Å². The number of imidazole rings is 1. The van der Waals surface area contributed by atoms with Gasteiger partial charge in [0.2, 0.25) is 10.0 Å². The predicted molar refractivity (Wildman–Crippen MR) is 78.0 cm³/mol. The summed E-state index contributed by atoms with van der Waals surface area (Å²) in [6.45, 7) is 4.41. The summed E-state index contributed by atoms with van der Waals surface area (Å²) in [4.78, 5) is 4.23. The quantitative estimate of drug-likeness (QED) is 0.653. The number of sulfonamides is 1. The van der Waals surface area contributed by atoms with Crippen LogP contribution in [0.15, 0.2) is 29.7 Å². The lowest BCUT2D eigenvalue weighted by molar-refractivity contribution is 0.562. The van der Waals surface area contributed by atoms with Crippen LogP contribution in [0.25, 0.3) is 0 Å². The summed E-state index contributed by atoms with van der Waals surface area (Å²) in [6, 6.07) is 0. The fourth-order valence-electron chi connectivity index (χ4n) is 1.79. The van der Waals surface area contributed by atoms with E-state index < -0.39 is 10.0 Å². The Morgan fingerprint density at radius 2 is 2.19 bits per heavy atom. The van der Waals surface area contributed by atoms with Crippen molar-refractivity contribution in [1.29, 1.82) is 0 Å². The van der Waals surface area contributed by atoms with Crippen LogP contribution in [-0.2, 0) is 30.2 Å². The third kappa shape index (κ3) is 4.13. The van der Waals surface area contributed by atoms with E-state index in [0.29, 0.717) is 12.4 Å². The molecule has 0 saturated heterocycles. The van der Waals surface area contributed by atoms with E-state index in [1.807, 2.05) is 14.0 Å². The van der Waals surface area contributed by atoms with Gasteiger partial charge in [-0.3, -0.25) is 4.68 Å². The van der Waals surface area contributed by atoms with Crippen LogP contribution in [0.4, 0.5) is 0 Å². The van der Waals surface area contributed by atoms with E-state index in [0.717, 1.165) is 13.1 Å². The van der Waals surface area contributed by atoms with Gasteiger partial charge in [0.25, 0.3) is 0 Å². The molecule has 116 valence electrons. The van der Waals surface area contributed by atoms with Crippen LogP contribution in [0.1, 0.15) is 12.7 Å². The molecule has 0 atom stereocenters. The molecule has 2 rings (SSSR count). The van der Waals surface area contributed by atoms with E-state index in [-0.39, 0.29) is 11.4 Å². The molecule has 0 amide bonds. The number of aromatic nitrogens is 4. The molecule has 0 aliphatic heterocycles. The second kappa shape index (κ2) is 6.83. The number of nitrogens with zero attached hydrogens (tertiary/aromatic N) is 4. The van der Waals surface area contributed by atoms with Crippen molar-refractivity contribution in [3.05, 3.63) is 30.6 Å². The summed E-state index contributed by atoms with van der Waals surface area (Å²) in [6.07, 6.45) is 6.27. The van der Waals surface area contributed by atoms with Gasteiger partial charge in [0.1, 0.15) is 10.7 Å². The Kier molecular flexibility index (Phi) is 5.10. The van der Waals surface area contributed by atoms with Crippen LogP contribution in [0.3, 0.4) is 0 Å². The molecule has 0 aromatic carbocycles. The molecule has 0 radical (unpaired) electrons. The Balaban J connectivity index is 1.97. The smallest absolute Gasteiger partial charge is 0.244 e. The van der Waals surface area contributed by atoms with Crippen molar-refractivity contribution in [3.63, 3.8) is 0 Å². The fourth-order valence-corrected chi connectivity index (χ4v) is 2.72. The highest BCUT2D eigenvalue weighted by Gasteiger charge is 2.17. The number of hydrogen-bond donors (Lipinski definition) is 2. The molecule has 0 aliphatic rings. The monoisotopic (exact) mass is 312 g/mol. The second-order valence-electron chi connectivity index (χ2n) is 4.57. The predicted octanol–water partition coefficient (Wildman–Crippen LogP) is -0.295. The zero-order valence-electron chi connectivity index (χ0n) is 12.2. The number of hydrogen-bond acceptors (Lipinski definition) is 5. The molecule has 2 heterocycles. The standard InChI is InChI=1S/C12H20N6O2S/c1-3-13-4-7-18-10-11(8-15-18)21(19,20)16-9-12-14-5-6-17(12)2/h5-6,8,10,13,16H,3-4,7,9H2,1-2H3. The molecule has 2 N–H and O–H groups in total. The Morgan fingerprint density at radius 1 is 1.38 bits per heavy atom. The molecule has 9 heteroatoms. The Labute approximate surface area is 124 Å². The summed E-state index contributed by atoms with van der Waals surface area (Å²) in [5, 5.41) is 7.21. The first-order valence-corrected chi connectivity index (χ1v) is 8.20. The highest BCUT2D eigenvalue weighted by molar-refractivity contribution is 7.89. The zero-order valence-corrected chi connectivity index (χ0v) is 13.0. The average Bonchev–Trinajstić information content (AvgIpc) is 3.06. The van der Waals surface area contributed by atoms with Crippen molar-refractivity contribution < 1.29 is 8.42 Å². The van der Waals surface area contributed by atoms with E-state index in [2.05, 4.69) is 20.1 Å². The Bertz CT molecular complexity index is 675. The van der Waals surface area contributed by atoms with Gasteiger partial charge in [0.15, 0.2) is 0 Å². The first kappa shape index (κ1) is 15.7. The van der Waals surface area contributed by atoms with Crippen molar-refractivity contribution in [2.75, 3.05) is 13.1 Å². The zero-order chi connectivity index (χ0) is 15.3. The maximum absolute atomic E-state index is 12.2. The molecule has 2 aromatic heterocycles. The van der Waals surface area contributed by atoms with Crippen molar-refractivity contribution >= 4 is 10.0 Å². The van der Waals surface area contributed by atoms with Gasteiger partial charge in [0, 0.05) is 32.2 Å². The van der Waals surface area contributed by atoms with Crippen LogP contribution >= 0.6 is 0 Å². The topological polar surface area (TPSA) is 93.8 Å². The summed E-state index contributed by atoms with van der Waals surface area (Å²) < 4.78 is 30.2. The lowest BCUT2D eigenvalue weighted by atomic mass is 10.6. The van der Waals surface area contributed by atoms with E-state index in [1.165, 1.54) is 12.4 Å². The molecule has 0 unspecified atom stereocenters. The Morgan fingerprint density at radius 3 is 2.86 bits per heavy atom. The minimum absolute atomic E-state index is 0.147. The molecule has 0 fully saturated rings. The summed E-state index contributed by atoms with van der Waals surface area (Å²) in [5.74, 6) is 0.651. The second-order valence-corrected chi connectivity index (χ2v) is 6.34. The molecule has 0 aliphatic carbocycles. The van der Waals surface area contributed by atoms with Crippen molar-refractivity contribution in [1.82, 2.24) is 29.4 Å². The van der Waals surface area contributed by atoms with E-state index >= 15 is 0 Å². The number of nitrogens with one attached hydrogen (secondary N) is 2. The molecule has 2 aromatic rings. The first-order chi connectivity index (χ1) is 10.0. The molecule has 0 saturated carbocycles. The largest absolute Gasteiger partial charge is 0.337 e. The molecule has 0 bridgehead atoms. The van der Waals surface area contributed by atoms with Gasteiger partial charge >= 0.3 is 0 Å². The van der Waals surface area contributed by atoms with Crippen LogP contribution in [0, 0.1) is 0 Å². The van der Waals surface area contributed by atoms with E-state index in [1.54, 1.807) is 21.6 Å². The summed E-state index contributed by atoms with van der Waals surface area (Å²) >= 11 is 0. The van der Waals surface area contributed by atoms with Gasteiger partial charge in [0.05, 0.1) is 19.3 Å². The maximum Gasteiger partial charge on any atom is 0.244 e.